The Labute approximate surface area is 259 Å². The highest BCUT2D eigenvalue weighted by atomic mass is 35.5. The molecule has 0 bridgehead atoms. The Bertz CT molecular complexity index is 1580. The number of nitrogens with one attached hydrogen (secondary N) is 1. The fourth-order valence-corrected chi connectivity index (χ4v) is 6.27. The van der Waals surface area contributed by atoms with Gasteiger partial charge in [0.15, 0.2) is 14.1 Å². The summed E-state index contributed by atoms with van der Waals surface area (Å²) in [6.45, 7) is 19.7. The van der Waals surface area contributed by atoms with Crippen LogP contribution in [-0.2, 0) is 22.0 Å². The molecular weight excluding hydrogens is 582 g/mol. The molecule has 2 atom stereocenters. The maximum Gasteiger partial charge on any atom is 0.192 e. The number of halogens is 1. The molecule has 1 aromatic carbocycles. The van der Waals surface area contributed by atoms with Gasteiger partial charge >= 0.3 is 0 Å². The molecule has 0 radical (unpaired) electrons. The third kappa shape index (κ3) is 7.37. The second-order valence-corrected chi connectivity index (χ2v) is 20.5. The lowest BCUT2D eigenvalue weighted by molar-refractivity contribution is 0.272. The van der Waals surface area contributed by atoms with Gasteiger partial charge in [0, 0.05) is 10.9 Å². The minimum Gasteiger partial charge on any atom is -0.411 e. The minimum atomic E-state index is -1.91. The molecule has 1 unspecified atom stereocenters. The van der Waals surface area contributed by atoms with Crippen LogP contribution < -0.4 is 4.72 Å². The van der Waals surface area contributed by atoms with E-state index in [1.54, 1.807) is 6.20 Å². The van der Waals surface area contributed by atoms with Crippen molar-refractivity contribution in [3.63, 3.8) is 0 Å². The van der Waals surface area contributed by atoms with Gasteiger partial charge in [0.1, 0.15) is 0 Å². The van der Waals surface area contributed by atoms with Gasteiger partial charge in [-0.3, -0.25) is 4.98 Å². The number of aromatic nitrogens is 4. The molecule has 4 rings (SSSR count). The Morgan fingerprint density at radius 1 is 1.05 bits per heavy atom. The van der Waals surface area contributed by atoms with Crippen molar-refractivity contribution in [2.45, 2.75) is 96.8 Å². The lowest BCUT2D eigenvalue weighted by Gasteiger charge is -2.36. The van der Waals surface area contributed by atoms with Gasteiger partial charge in [-0.15, -0.1) is 0 Å². The highest BCUT2D eigenvalue weighted by Crippen LogP contribution is 2.37. The van der Waals surface area contributed by atoms with Crippen molar-refractivity contribution < 1.29 is 8.63 Å². The van der Waals surface area contributed by atoms with E-state index in [1.807, 2.05) is 67.9 Å². The number of rotatable bonds is 10. The Hall–Kier alpha value is -2.43. The quantitative estimate of drug-likeness (QED) is 0.179. The van der Waals surface area contributed by atoms with E-state index in [0.29, 0.717) is 17.4 Å². The summed E-state index contributed by atoms with van der Waals surface area (Å²) in [5.74, 6) is 0.702. The smallest absolute Gasteiger partial charge is 0.192 e. The van der Waals surface area contributed by atoms with E-state index in [2.05, 4.69) is 56.7 Å². The van der Waals surface area contributed by atoms with Crippen molar-refractivity contribution in [1.82, 2.24) is 24.5 Å². The van der Waals surface area contributed by atoms with Gasteiger partial charge < -0.3 is 4.43 Å². The zero-order valence-electron chi connectivity index (χ0n) is 26.3. The summed E-state index contributed by atoms with van der Waals surface area (Å²) in [6.07, 6.45) is 3.54. The largest absolute Gasteiger partial charge is 0.411 e. The molecule has 0 fully saturated rings. The molecule has 3 aromatic heterocycles. The number of pyridine rings is 2. The molecule has 0 saturated heterocycles. The van der Waals surface area contributed by atoms with Crippen molar-refractivity contribution in [3.05, 3.63) is 71.1 Å². The van der Waals surface area contributed by atoms with Crippen LogP contribution in [0, 0.1) is 0 Å². The van der Waals surface area contributed by atoms with Crippen LogP contribution in [0.15, 0.2) is 54.7 Å². The van der Waals surface area contributed by atoms with Crippen LogP contribution in [0.2, 0.25) is 23.2 Å². The maximum absolute atomic E-state index is 12.9. The standard InChI is InChI=1S/C32H44ClN5O2SSi/c1-10-13-28(37-41(39)31(2,3)4)27-16-12-15-26(36-27)22-18-25(33)24-20-34-38(29(24)19-22)30-17-11-14-23(35-30)21-40-42(8,9)32(5,6)7/h11-12,14-20,28,37H,10,13,21H2,1-9H3/t28-,41?/m0/s1. The molecule has 10 heteroatoms. The van der Waals surface area contributed by atoms with E-state index >= 15 is 0 Å². The van der Waals surface area contributed by atoms with E-state index in [-0.39, 0.29) is 15.8 Å². The number of hydrogen-bond acceptors (Lipinski definition) is 5. The number of benzene rings is 1. The average molecular weight is 626 g/mol. The molecule has 0 aliphatic heterocycles. The lowest BCUT2D eigenvalue weighted by Crippen LogP contribution is -2.40. The molecule has 42 heavy (non-hydrogen) atoms. The minimum absolute atomic E-state index is 0.123. The van der Waals surface area contributed by atoms with Gasteiger partial charge in [-0.25, -0.2) is 18.6 Å². The molecule has 0 aliphatic rings. The van der Waals surface area contributed by atoms with Crippen molar-refractivity contribution in [2.75, 3.05) is 0 Å². The second kappa shape index (κ2) is 12.7. The van der Waals surface area contributed by atoms with Crippen molar-refractivity contribution in [1.29, 1.82) is 0 Å². The Balaban J connectivity index is 1.68. The molecule has 0 spiro atoms. The van der Waals surface area contributed by atoms with E-state index in [9.17, 15) is 4.21 Å². The predicted octanol–water partition coefficient (Wildman–Crippen LogP) is 8.55. The van der Waals surface area contributed by atoms with E-state index in [4.69, 9.17) is 26.0 Å². The zero-order chi connectivity index (χ0) is 30.9. The summed E-state index contributed by atoms with van der Waals surface area (Å²) in [5, 5.41) is 6.21. The van der Waals surface area contributed by atoms with E-state index in [0.717, 1.165) is 46.4 Å². The molecule has 3 heterocycles. The van der Waals surface area contributed by atoms with Crippen molar-refractivity contribution >= 4 is 41.8 Å². The molecule has 7 nitrogen and oxygen atoms in total. The number of fused-ring (bicyclic) bond motifs is 1. The zero-order valence-corrected chi connectivity index (χ0v) is 28.9. The first kappa shape index (κ1) is 32.5. The summed E-state index contributed by atoms with van der Waals surface area (Å²) in [5.41, 5.74) is 4.22. The van der Waals surface area contributed by atoms with Crippen LogP contribution >= 0.6 is 11.6 Å². The maximum atomic E-state index is 12.9. The second-order valence-electron chi connectivity index (χ2n) is 13.3. The summed E-state index contributed by atoms with van der Waals surface area (Å²) in [4.78, 5) is 9.89. The van der Waals surface area contributed by atoms with Crippen molar-refractivity contribution in [2.24, 2.45) is 0 Å². The van der Waals surface area contributed by atoms with E-state index < -0.39 is 19.3 Å². The molecule has 4 aromatic rings. The van der Waals surface area contributed by atoms with Gasteiger partial charge in [0.2, 0.25) is 0 Å². The fraction of sp³-hybridized carbons (Fsp3) is 0.469. The normalized spacial score (nSPS) is 14.3. The van der Waals surface area contributed by atoms with Crippen LogP contribution in [-0.4, -0.2) is 37.0 Å². The topological polar surface area (TPSA) is 81.9 Å². The van der Waals surface area contributed by atoms with Crippen LogP contribution in [0.5, 0.6) is 0 Å². The predicted molar refractivity (Wildman–Crippen MR) is 178 cm³/mol. The van der Waals surface area contributed by atoms with Crippen LogP contribution in [0.4, 0.5) is 0 Å². The molecule has 0 amide bonds. The molecule has 0 saturated carbocycles. The van der Waals surface area contributed by atoms with Crippen LogP contribution in [0.1, 0.15) is 78.7 Å². The van der Waals surface area contributed by atoms with Gasteiger partial charge in [-0.1, -0.05) is 57.8 Å². The Morgan fingerprint density at radius 2 is 1.76 bits per heavy atom. The molecule has 1 N–H and O–H groups in total. The van der Waals surface area contributed by atoms with E-state index in [1.165, 1.54) is 0 Å². The average Bonchev–Trinajstić information content (AvgIpc) is 3.35. The Kier molecular flexibility index (Phi) is 9.79. The first-order chi connectivity index (χ1) is 19.6. The fourth-order valence-electron chi connectivity index (χ4n) is 4.22. The monoisotopic (exact) mass is 625 g/mol. The Morgan fingerprint density at radius 3 is 2.43 bits per heavy atom. The third-order valence-electron chi connectivity index (χ3n) is 7.84. The molecule has 226 valence electrons. The number of hydrogen-bond donors (Lipinski definition) is 1. The lowest BCUT2D eigenvalue weighted by atomic mass is 10.1. The highest BCUT2D eigenvalue weighted by Gasteiger charge is 2.37. The summed E-state index contributed by atoms with van der Waals surface area (Å²) >= 11 is 6.79. The summed E-state index contributed by atoms with van der Waals surface area (Å²) in [6, 6.07) is 15.7. The van der Waals surface area contributed by atoms with Gasteiger partial charge in [0.05, 0.1) is 62.2 Å². The summed E-state index contributed by atoms with van der Waals surface area (Å²) in [7, 11) is -3.12. The molecule has 0 aliphatic carbocycles. The summed E-state index contributed by atoms with van der Waals surface area (Å²) < 4.78 is 24.1. The SMILES string of the molecule is CCC[C@H](NS(=O)C(C)(C)C)c1cccc(-c2cc(Cl)c3cnn(-c4cccc(CO[Si](C)(C)C(C)(C)C)n4)c3c2)n1. The van der Waals surface area contributed by atoms with Gasteiger partial charge in [-0.05, 0) is 81.7 Å². The number of nitrogens with zero attached hydrogens (tertiary/aromatic N) is 4. The highest BCUT2D eigenvalue weighted by molar-refractivity contribution is 7.84. The first-order valence-electron chi connectivity index (χ1n) is 14.5. The molecular formula is C32H44ClN5O2SSi. The third-order valence-corrected chi connectivity index (χ3v) is 14.2. The van der Waals surface area contributed by atoms with Crippen LogP contribution in [0.25, 0.3) is 28.0 Å². The van der Waals surface area contributed by atoms with Crippen molar-refractivity contribution in [3.8, 4) is 17.1 Å². The van der Waals surface area contributed by atoms with Gasteiger partial charge in [0.25, 0.3) is 0 Å². The first-order valence-corrected chi connectivity index (χ1v) is 19.0. The van der Waals surface area contributed by atoms with Crippen LogP contribution in [0.3, 0.4) is 0 Å². The van der Waals surface area contributed by atoms with Gasteiger partial charge in [-0.2, -0.15) is 5.10 Å².